The zero-order chi connectivity index (χ0) is 21.1. The summed E-state index contributed by atoms with van der Waals surface area (Å²) in [7, 11) is 0. The van der Waals surface area contributed by atoms with E-state index in [9.17, 15) is 9.59 Å². The van der Waals surface area contributed by atoms with Crippen molar-refractivity contribution in [1.82, 2.24) is 5.32 Å². The maximum Gasteiger partial charge on any atom is 0.291 e. The minimum atomic E-state index is -0.389. The van der Waals surface area contributed by atoms with Crippen molar-refractivity contribution in [3.63, 3.8) is 0 Å². The molecule has 5 heteroatoms. The average Bonchev–Trinajstić information content (AvgIpc) is 3.11. The molecule has 0 fully saturated rings. The number of benzene rings is 3. The van der Waals surface area contributed by atoms with Gasteiger partial charge in [-0.3, -0.25) is 9.59 Å². The number of amides is 2. The van der Waals surface area contributed by atoms with Crippen molar-refractivity contribution in [3.8, 4) is 0 Å². The molecule has 0 bridgehead atoms. The number of carbonyl (C=O) groups excluding carboxylic acids is 2. The summed E-state index contributed by atoms with van der Waals surface area (Å²) in [5.74, 6) is -0.410. The molecule has 1 aromatic heterocycles. The molecule has 0 aliphatic rings. The Morgan fingerprint density at radius 2 is 1.50 bits per heavy atom. The van der Waals surface area contributed by atoms with Gasteiger partial charge < -0.3 is 15.1 Å². The number of anilines is 1. The third kappa shape index (κ3) is 3.82. The van der Waals surface area contributed by atoms with Gasteiger partial charge in [-0.15, -0.1) is 0 Å². The number of carbonyl (C=O) groups is 2. The van der Waals surface area contributed by atoms with Gasteiger partial charge >= 0.3 is 0 Å². The first-order valence-corrected chi connectivity index (χ1v) is 9.79. The molecule has 2 amide bonds. The zero-order valence-electron chi connectivity index (χ0n) is 16.8. The molecule has 2 N–H and O–H groups in total. The van der Waals surface area contributed by atoms with Gasteiger partial charge in [-0.05, 0) is 37.6 Å². The van der Waals surface area contributed by atoms with Crippen LogP contribution in [0.15, 0.2) is 83.3 Å². The molecule has 0 aliphatic heterocycles. The van der Waals surface area contributed by atoms with E-state index >= 15 is 0 Å². The van der Waals surface area contributed by atoms with Crippen LogP contribution < -0.4 is 10.6 Å². The van der Waals surface area contributed by atoms with Crippen molar-refractivity contribution < 1.29 is 14.0 Å². The number of nitrogens with one attached hydrogen (secondary N) is 2. The number of fused-ring (bicyclic) bond motifs is 1. The summed E-state index contributed by atoms with van der Waals surface area (Å²) >= 11 is 0. The van der Waals surface area contributed by atoms with E-state index in [1.807, 2.05) is 68.4 Å². The van der Waals surface area contributed by atoms with Crippen LogP contribution in [0.3, 0.4) is 0 Å². The lowest BCUT2D eigenvalue weighted by Crippen LogP contribution is -2.28. The van der Waals surface area contributed by atoms with E-state index in [0.717, 1.165) is 16.5 Å². The molecule has 0 saturated heterocycles. The lowest BCUT2D eigenvalue weighted by Gasteiger charge is -2.16. The Bertz CT molecular complexity index is 1210. The van der Waals surface area contributed by atoms with Gasteiger partial charge in [0, 0.05) is 10.9 Å². The molecule has 1 heterocycles. The Hall–Kier alpha value is -3.86. The first-order valence-electron chi connectivity index (χ1n) is 9.79. The maximum atomic E-state index is 12.9. The summed E-state index contributed by atoms with van der Waals surface area (Å²) in [6, 6.07) is 24.0. The Balaban J connectivity index is 1.56. The second-order valence-corrected chi connectivity index (χ2v) is 7.16. The van der Waals surface area contributed by atoms with Crippen molar-refractivity contribution in [3.05, 3.63) is 101 Å². The van der Waals surface area contributed by atoms with E-state index in [0.29, 0.717) is 16.8 Å². The third-order valence-corrected chi connectivity index (χ3v) is 5.12. The van der Waals surface area contributed by atoms with E-state index in [1.54, 1.807) is 24.3 Å². The van der Waals surface area contributed by atoms with Crippen LogP contribution in [0, 0.1) is 6.92 Å². The van der Waals surface area contributed by atoms with Crippen LogP contribution in [0.25, 0.3) is 11.0 Å². The topological polar surface area (TPSA) is 71.3 Å². The third-order valence-electron chi connectivity index (χ3n) is 5.12. The van der Waals surface area contributed by atoms with Gasteiger partial charge in [-0.1, -0.05) is 60.7 Å². The monoisotopic (exact) mass is 398 g/mol. The fraction of sp³-hybridized carbons (Fsp3) is 0.120. The number of hydrogen-bond donors (Lipinski definition) is 2. The van der Waals surface area contributed by atoms with E-state index < -0.39 is 0 Å². The summed E-state index contributed by atoms with van der Waals surface area (Å²) in [4.78, 5) is 25.8. The van der Waals surface area contributed by atoms with Crippen molar-refractivity contribution in [2.75, 3.05) is 5.32 Å². The predicted octanol–water partition coefficient (Wildman–Crippen LogP) is 5.48. The van der Waals surface area contributed by atoms with E-state index in [4.69, 9.17) is 4.42 Å². The van der Waals surface area contributed by atoms with Gasteiger partial charge in [0.25, 0.3) is 11.8 Å². The molecule has 4 aromatic rings. The maximum absolute atomic E-state index is 12.9. The highest BCUT2D eigenvalue weighted by atomic mass is 16.3. The van der Waals surface area contributed by atoms with Crippen LogP contribution in [0.2, 0.25) is 0 Å². The lowest BCUT2D eigenvalue weighted by molar-refractivity contribution is 0.0940. The molecule has 3 aromatic carbocycles. The van der Waals surface area contributed by atoms with Crippen LogP contribution in [0.4, 0.5) is 5.69 Å². The highest BCUT2D eigenvalue weighted by Gasteiger charge is 2.20. The van der Waals surface area contributed by atoms with Crippen LogP contribution in [0.5, 0.6) is 0 Å². The molecule has 0 saturated carbocycles. The molecular formula is C25H22N2O3. The standard InChI is InChI=1S/C25H22N2O3/c1-16-19-12-7-9-15-22(19)30-23(16)25(29)27-21-14-8-6-13-20(21)24(28)26-17(2)18-10-4-3-5-11-18/h3-15,17H,1-2H3,(H,26,28)(H,27,29)/t17-/m1/s1. The summed E-state index contributed by atoms with van der Waals surface area (Å²) in [6.07, 6.45) is 0. The number of para-hydroxylation sites is 2. The Morgan fingerprint density at radius 3 is 2.27 bits per heavy atom. The second kappa shape index (κ2) is 8.25. The Kier molecular flexibility index (Phi) is 5.35. The highest BCUT2D eigenvalue weighted by Crippen LogP contribution is 2.26. The average molecular weight is 398 g/mol. The lowest BCUT2D eigenvalue weighted by atomic mass is 10.1. The number of aryl methyl sites for hydroxylation is 1. The molecule has 0 spiro atoms. The van der Waals surface area contributed by atoms with Crippen molar-refractivity contribution in [2.24, 2.45) is 0 Å². The van der Waals surface area contributed by atoms with Crippen molar-refractivity contribution in [1.29, 1.82) is 0 Å². The van der Waals surface area contributed by atoms with Crippen LogP contribution in [-0.2, 0) is 0 Å². The quantitative estimate of drug-likeness (QED) is 0.467. The molecule has 0 radical (unpaired) electrons. The smallest absolute Gasteiger partial charge is 0.291 e. The number of hydrogen-bond acceptors (Lipinski definition) is 3. The Morgan fingerprint density at radius 1 is 0.833 bits per heavy atom. The molecule has 30 heavy (non-hydrogen) atoms. The summed E-state index contributed by atoms with van der Waals surface area (Å²) < 4.78 is 5.74. The minimum absolute atomic E-state index is 0.167. The van der Waals surface area contributed by atoms with Gasteiger partial charge in [-0.25, -0.2) is 0 Å². The largest absolute Gasteiger partial charge is 0.451 e. The molecule has 0 aliphatic carbocycles. The van der Waals surface area contributed by atoms with Gasteiger partial charge in [0.1, 0.15) is 5.58 Å². The summed E-state index contributed by atoms with van der Waals surface area (Å²) in [6.45, 7) is 3.77. The Labute approximate surface area is 174 Å². The fourth-order valence-corrected chi connectivity index (χ4v) is 3.46. The summed E-state index contributed by atoms with van der Waals surface area (Å²) in [5.41, 5.74) is 3.25. The van der Waals surface area contributed by atoms with Crippen LogP contribution >= 0.6 is 0 Å². The zero-order valence-corrected chi connectivity index (χ0v) is 16.8. The van der Waals surface area contributed by atoms with E-state index in [1.165, 1.54) is 0 Å². The van der Waals surface area contributed by atoms with Crippen LogP contribution in [0.1, 0.15) is 45.0 Å². The molecule has 1 atom stereocenters. The van der Waals surface area contributed by atoms with Crippen molar-refractivity contribution >= 4 is 28.5 Å². The number of rotatable bonds is 5. The van der Waals surface area contributed by atoms with Crippen LogP contribution in [-0.4, -0.2) is 11.8 Å². The molecule has 150 valence electrons. The normalized spacial score (nSPS) is 11.8. The van der Waals surface area contributed by atoms with Crippen molar-refractivity contribution in [2.45, 2.75) is 19.9 Å². The molecule has 4 rings (SSSR count). The molecule has 5 nitrogen and oxygen atoms in total. The minimum Gasteiger partial charge on any atom is -0.451 e. The van der Waals surface area contributed by atoms with E-state index in [2.05, 4.69) is 10.6 Å². The fourth-order valence-electron chi connectivity index (χ4n) is 3.46. The second-order valence-electron chi connectivity index (χ2n) is 7.16. The highest BCUT2D eigenvalue weighted by molar-refractivity contribution is 6.10. The van der Waals surface area contributed by atoms with E-state index in [-0.39, 0.29) is 23.6 Å². The predicted molar refractivity (Wildman–Crippen MR) is 118 cm³/mol. The number of furan rings is 1. The SMILES string of the molecule is Cc1c(C(=O)Nc2ccccc2C(=O)N[C@H](C)c2ccccc2)oc2ccccc12. The molecule has 0 unspecified atom stereocenters. The van der Waals surface area contributed by atoms with Gasteiger partial charge in [0.15, 0.2) is 5.76 Å². The molecular weight excluding hydrogens is 376 g/mol. The van der Waals surface area contributed by atoms with Gasteiger partial charge in [-0.2, -0.15) is 0 Å². The first-order chi connectivity index (χ1) is 14.5. The van der Waals surface area contributed by atoms with Gasteiger partial charge in [0.05, 0.1) is 17.3 Å². The van der Waals surface area contributed by atoms with Gasteiger partial charge in [0.2, 0.25) is 0 Å². The first kappa shape index (κ1) is 19.5. The summed E-state index contributed by atoms with van der Waals surface area (Å²) in [5, 5.41) is 6.71.